The predicted octanol–water partition coefficient (Wildman–Crippen LogP) is 6.69. The van der Waals surface area contributed by atoms with Gasteiger partial charge in [0.15, 0.2) is 5.58 Å². The molecule has 0 bridgehead atoms. The molecule has 2 aromatic heterocycles. The maximum atomic E-state index is 6.53. The first-order chi connectivity index (χ1) is 16.6. The van der Waals surface area contributed by atoms with E-state index in [2.05, 4.69) is 26.8 Å². The van der Waals surface area contributed by atoms with Crippen molar-refractivity contribution in [2.75, 3.05) is 20.3 Å². The van der Waals surface area contributed by atoms with Crippen molar-refractivity contribution in [3.8, 4) is 23.0 Å². The molecular weight excluding hydrogens is 470 g/mol. The molecule has 0 atom stereocenters. The summed E-state index contributed by atoms with van der Waals surface area (Å²) in [6.07, 6.45) is 1.60. The molecule has 0 unspecified atom stereocenters. The number of rotatable bonds is 8. The van der Waals surface area contributed by atoms with Crippen LogP contribution in [0.3, 0.4) is 0 Å². The Labute approximate surface area is 206 Å². The van der Waals surface area contributed by atoms with Crippen molar-refractivity contribution in [3.63, 3.8) is 0 Å². The highest BCUT2D eigenvalue weighted by Crippen LogP contribution is 2.37. The fraction of sp³-hybridized carbons (Fsp3) is 0.154. The van der Waals surface area contributed by atoms with Gasteiger partial charge in [0, 0.05) is 28.5 Å². The number of hydrogen-bond acceptors (Lipinski definition) is 7. The summed E-state index contributed by atoms with van der Waals surface area (Å²) in [7, 11) is 1.58. The molecule has 2 heterocycles. The van der Waals surface area contributed by atoms with Gasteiger partial charge in [0.25, 0.3) is 0 Å². The van der Waals surface area contributed by atoms with E-state index in [0.717, 1.165) is 32.4 Å². The molecule has 0 radical (unpaired) electrons. The summed E-state index contributed by atoms with van der Waals surface area (Å²) in [6, 6.07) is 19.8. The lowest BCUT2D eigenvalue weighted by atomic mass is 10.1. The molecule has 8 heteroatoms. The van der Waals surface area contributed by atoms with Crippen LogP contribution >= 0.6 is 23.5 Å². The molecule has 0 aliphatic carbocycles. The molecule has 0 aliphatic heterocycles. The Morgan fingerprint density at radius 3 is 2.76 bits per heavy atom. The Morgan fingerprint density at radius 1 is 1.09 bits per heavy atom. The number of ether oxygens (including phenoxy) is 2. The van der Waals surface area contributed by atoms with Crippen LogP contribution < -0.4 is 14.2 Å². The lowest BCUT2D eigenvalue weighted by molar-refractivity contribution is 0.325. The average Bonchev–Trinajstić information content (AvgIpc) is 3.28. The number of benzene rings is 3. The van der Waals surface area contributed by atoms with E-state index < -0.39 is 0 Å². The van der Waals surface area contributed by atoms with Crippen molar-refractivity contribution in [2.24, 2.45) is 0 Å². The summed E-state index contributed by atoms with van der Waals surface area (Å²) in [5.41, 5.74) is 3.98. The summed E-state index contributed by atoms with van der Waals surface area (Å²) in [5.74, 6) is 1.83. The van der Waals surface area contributed by atoms with Gasteiger partial charge in [0.2, 0.25) is 5.88 Å². The standard InChI is InChI=1S/C26H22ClN3O3S/c1-16-10-20(25-22(11-16)30-24(31-2)15-28-25)23-13-17-12-18(14-21(27)26(17)33-23)32-9-8-29-34-19-6-4-3-5-7-19/h3-7,10-15,29H,8-9H2,1-2H3. The number of fused-ring (bicyclic) bond motifs is 2. The van der Waals surface area contributed by atoms with Gasteiger partial charge in [-0.3, -0.25) is 4.72 Å². The number of nitrogens with zero attached hydrogens (tertiary/aromatic N) is 2. The SMILES string of the molecule is COc1cnc2c(-c3cc4cc(OCCNSc5ccccc5)cc(Cl)c4o3)cc(C)cc2n1. The summed E-state index contributed by atoms with van der Waals surface area (Å²) >= 11 is 8.11. The van der Waals surface area contributed by atoms with E-state index in [4.69, 9.17) is 25.5 Å². The zero-order chi connectivity index (χ0) is 23.5. The van der Waals surface area contributed by atoms with Gasteiger partial charge >= 0.3 is 0 Å². The van der Waals surface area contributed by atoms with Gasteiger partial charge in [-0.1, -0.05) is 29.8 Å². The van der Waals surface area contributed by atoms with E-state index >= 15 is 0 Å². The highest BCUT2D eigenvalue weighted by molar-refractivity contribution is 7.97. The monoisotopic (exact) mass is 491 g/mol. The summed E-state index contributed by atoms with van der Waals surface area (Å²) in [5, 5.41) is 1.36. The number of furan rings is 1. The van der Waals surface area contributed by atoms with Gasteiger partial charge in [-0.15, -0.1) is 0 Å². The molecule has 0 amide bonds. The van der Waals surface area contributed by atoms with Crippen LogP contribution in [-0.4, -0.2) is 30.2 Å². The van der Waals surface area contributed by atoms with E-state index in [1.807, 2.05) is 49.4 Å². The second-order valence-corrected chi connectivity index (χ2v) is 9.06. The molecule has 0 saturated heterocycles. The molecule has 3 aromatic carbocycles. The third kappa shape index (κ3) is 4.82. The minimum atomic E-state index is 0.468. The van der Waals surface area contributed by atoms with Crippen LogP contribution in [0.1, 0.15) is 5.56 Å². The number of aryl methyl sites for hydroxylation is 1. The quantitative estimate of drug-likeness (QED) is 0.191. The number of hydrogen-bond donors (Lipinski definition) is 1. The van der Waals surface area contributed by atoms with E-state index in [1.54, 1.807) is 31.3 Å². The largest absolute Gasteiger partial charge is 0.492 e. The first-order valence-electron chi connectivity index (χ1n) is 10.7. The van der Waals surface area contributed by atoms with Gasteiger partial charge in [-0.25, -0.2) is 9.97 Å². The molecule has 172 valence electrons. The van der Waals surface area contributed by atoms with Gasteiger partial charge in [0.05, 0.1) is 29.4 Å². The molecule has 34 heavy (non-hydrogen) atoms. The highest BCUT2D eigenvalue weighted by atomic mass is 35.5. The van der Waals surface area contributed by atoms with Crippen molar-refractivity contribution < 1.29 is 13.9 Å². The predicted molar refractivity (Wildman–Crippen MR) is 137 cm³/mol. The third-order valence-electron chi connectivity index (χ3n) is 5.19. The molecule has 1 N–H and O–H groups in total. The van der Waals surface area contributed by atoms with E-state index in [9.17, 15) is 0 Å². The van der Waals surface area contributed by atoms with Crippen molar-refractivity contribution in [3.05, 3.63) is 77.4 Å². The van der Waals surface area contributed by atoms with E-state index in [-0.39, 0.29) is 0 Å². The van der Waals surface area contributed by atoms with Crippen LogP contribution in [0.5, 0.6) is 11.6 Å². The number of nitrogens with one attached hydrogen (secondary N) is 1. The number of methoxy groups -OCH3 is 1. The maximum Gasteiger partial charge on any atom is 0.232 e. The average molecular weight is 492 g/mol. The molecule has 0 fully saturated rings. The lowest BCUT2D eigenvalue weighted by Crippen LogP contribution is -2.14. The first-order valence-corrected chi connectivity index (χ1v) is 11.9. The Bertz CT molecular complexity index is 1460. The van der Waals surface area contributed by atoms with Crippen LogP contribution in [0.2, 0.25) is 5.02 Å². The topological polar surface area (TPSA) is 69.4 Å². The summed E-state index contributed by atoms with van der Waals surface area (Å²) in [4.78, 5) is 10.2. The molecular formula is C26H22ClN3O3S. The van der Waals surface area contributed by atoms with Gasteiger partial charge < -0.3 is 13.9 Å². The lowest BCUT2D eigenvalue weighted by Gasteiger charge is -2.08. The van der Waals surface area contributed by atoms with Crippen LogP contribution in [0.4, 0.5) is 0 Å². The minimum Gasteiger partial charge on any atom is -0.492 e. The number of aromatic nitrogens is 2. The normalized spacial score (nSPS) is 11.3. The summed E-state index contributed by atoms with van der Waals surface area (Å²) < 4.78 is 20.6. The molecule has 5 rings (SSSR count). The fourth-order valence-electron chi connectivity index (χ4n) is 3.67. The van der Waals surface area contributed by atoms with E-state index in [1.165, 1.54) is 0 Å². The zero-order valence-electron chi connectivity index (χ0n) is 18.7. The Morgan fingerprint density at radius 2 is 1.94 bits per heavy atom. The van der Waals surface area contributed by atoms with Crippen molar-refractivity contribution in [2.45, 2.75) is 11.8 Å². The van der Waals surface area contributed by atoms with Crippen LogP contribution in [0, 0.1) is 6.92 Å². The second kappa shape index (κ2) is 9.93. The summed E-state index contributed by atoms with van der Waals surface area (Å²) in [6.45, 7) is 3.20. The third-order valence-corrected chi connectivity index (χ3v) is 6.33. The van der Waals surface area contributed by atoms with E-state index in [0.29, 0.717) is 41.1 Å². The van der Waals surface area contributed by atoms with Crippen molar-refractivity contribution >= 4 is 45.6 Å². The molecule has 5 aromatic rings. The Hall–Kier alpha value is -3.26. The Balaban J connectivity index is 1.35. The van der Waals surface area contributed by atoms with Crippen molar-refractivity contribution in [1.82, 2.24) is 14.7 Å². The molecule has 0 spiro atoms. The highest BCUT2D eigenvalue weighted by Gasteiger charge is 2.16. The first kappa shape index (κ1) is 22.5. The minimum absolute atomic E-state index is 0.468. The van der Waals surface area contributed by atoms with Gasteiger partial charge in [0.1, 0.15) is 18.1 Å². The molecule has 0 aliphatic rings. The zero-order valence-corrected chi connectivity index (χ0v) is 20.2. The fourth-order valence-corrected chi connectivity index (χ4v) is 4.57. The van der Waals surface area contributed by atoms with Crippen LogP contribution in [0.25, 0.3) is 33.3 Å². The van der Waals surface area contributed by atoms with Gasteiger partial charge in [-0.05, 0) is 60.8 Å². The Kier molecular flexibility index (Phi) is 6.58. The maximum absolute atomic E-state index is 6.53. The molecule has 6 nitrogen and oxygen atoms in total. The second-order valence-electron chi connectivity index (χ2n) is 7.68. The van der Waals surface area contributed by atoms with Crippen molar-refractivity contribution in [1.29, 1.82) is 0 Å². The van der Waals surface area contributed by atoms with Crippen LogP contribution in [0.15, 0.2) is 76.2 Å². The van der Waals surface area contributed by atoms with Gasteiger partial charge in [-0.2, -0.15) is 0 Å². The van der Waals surface area contributed by atoms with Crippen LogP contribution in [-0.2, 0) is 0 Å². The smallest absolute Gasteiger partial charge is 0.232 e. The molecule has 0 saturated carbocycles. The number of halogens is 1.